The van der Waals surface area contributed by atoms with Crippen LogP contribution in [0, 0.1) is 11.8 Å². The molecule has 0 saturated heterocycles. The number of halogens is 1. The Hall–Kier alpha value is -3.19. The van der Waals surface area contributed by atoms with Crippen molar-refractivity contribution in [3.63, 3.8) is 0 Å². The molecule has 0 aliphatic rings. The zero-order valence-electron chi connectivity index (χ0n) is 17.7. The maximum Gasteiger partial charge on any atom is 0.0931 e. The van der Waals surface area contributed by atoms with Gasteiger partial charge in [0, 0.05) is 41.2 Å². The van der Waals surface area contributed by atoms with Crippen molar-refractivity contribution in [2.75, 3.05) is 11.9 Å². The first-order chi connectivity index (χ1) is 15.2. The topological polar surface area (TPSA) is 29.0 Å². The van der Waals surface area contributed by atoms with Gasteiger partial charge in [0.05, 0.1) is 12.2 Å². The van der Waals surface area contributed by atoms with E-state index in [4.69, 9.17) is 11.6 Å². The van der Waals surface area contributed by atoms with E-state index in [1.165, 1.54) is 22.0 Å². The van der Waals surface area contributed by atoms with Gasteiger partial charge < -0.3 is 15.2 Å². The zero-order valence-corrected chi connectivity index (χ0v) is 18.4. The fourth-order valence-electron chi connectivity index (χ4n) is 3.67. The third-order valence-corrected chi connectivity index (χ3v) is 5.48. The van der Waals surface area contributed by atoms with Crippen molar-refractivity contribution in [1.82, 2.24) is 9.88 Å². The molecule has 0 bridgehead atoms. The molecule has 0 amide bonds. The van der Waals surface area contributed by atoms with Crippen molar-refractivity contribution >= 4 is 28.2 Å². The maximum atomic E-state index is 5.93. The first-order valence-electron chi connectivity index (χ1n) is 10.6. The molecule has 0 saturated carbocycles. The summed E-state index contributed by atoms with van der Waals surface area (Å²) in [5.41, 5.74) is 5.86. The van der Waals surface area contributed by atoms with Crippen molar-refractivity contribution in [3.8, 4) is 11.8 Å². The van der Waals surface area contributed by atoms with Gasteiger partial charge in [-0.15, -0.1) is 0 Å². The van der Waals surface area contributed by atoms with Gasteiger partial charge in [-0.25, -0.2) is 0 Å². The molecule has 156 valence electrons. The van der Waals surface area contributed by atoms with E-state index < -0.39 is 0 Å². The lowest BCUT2D eigenvalue weighted by Gasteiger charge is -2.07. The molecule has 4 aromatic rings. The summed E-state index contributed by atoms with van der Waals surface area (Å²) >= 11 is 5.93. The van der Waals surface area contributed by atoms with E-state index in [1.807, 2.05) is 30.3 Å². The number of hydrogen-bond acceptors (Lipinski definition) is 2. The lowest BCUT2D eigenvalue weighted by atomic mass is 10.1. The van der Waals surface area contributed by atoms with Crippen molar-refractivity contribution in [3.05, 3.63) is 101 Å². The van der Waals surface area contributed by atoms with E-state index in [-0.39, 0.29) is 0 Å². The number of fused-ring (bicyclic) bond motifs is 1. The number of anilines is 1. The average molecular weight is 428 g/mol. The molecule has 1 aromatic heterocycles. The Labute approximate surface area is 189 Å². The summed E-state index contributed by atoms with van der Waals surface area (Å²) in [5.74, 6) is 6.57. The Balaban J connectivity index is 1.42. The highest BCUT2D eigenvalue weighted by Gasteiger charge is 2.06. The Bertz CT molecular complexity index is 1200. The van der Waals surface area contributed by atoms with Crippen molar-refractivity contribution in [2.45, 2.75) is 26.6 Å². The lowest BCUT2D eigenvalue weighted by Crippen LogP contribution is -2.12. The summed E-state index contributed by atoms with van der Waals surface area (Å²) in [7, 11) is 0. The molecule has 1 heterocycles. The molecule has 0 spiro atoms. The SMILES string of the molecule is CCn1c(C#CCNc2ccc(Cl)cc2)cc2cc(CNCc3ccccc3)ccc21. The van der Waals surface area contributed by atoms with Gasteiger partial charge in [0.25, 0.3) is 0 Å². The molecule has 4 rings (SSSR count). The molecule has 0 aliphatic carbocycles. The fourth-order valence-corrected chi connectivity index (χ4v) is 3.80. The summed E-state index contributed by atoms with van der Waals surface area (Å²) in [6, 6.07) is 27.0. The highest BCUT2D eigenvalue weighted by atomic mass is 35.5. The highest BCUT2D eigenvalue weighted by Crippen LogP contribution is 2.21. The Morgan fingerprint density at radius 3 is 2.42 bits per heavy atom. The van der Waals surface area contributed by atoms with Crippen LogP contribution in [0.2, 0.25) is 5.02 Å². The van der Waals surface area contributed by atoms with E-state index >= 15 is 0 Å². The molecule has 4 heteroatoms. The van der Waals surface area contributed by atoms with E-state index in [9.17, 15) is 0 Å². The smallest absolute Gasteiger partial charge is 0.0931 e. The van der Waals surface area contributed by atoms with Crippen LogP contribution >= 0.6 is 11.6 Å². The van der Waals surface area contributed by atoms with Crippen LogP contribution in [0.15, 0.2) is 78.9 Å². The number of rotatable bonds is 7. The molecule has 0 unspecified atom stereocenters. The highest BCUT2D eigenvalue weighted by molar-refractivity contribution is 6.30. The van der Waals surface area contributed by atoms with Crippen LogP contribution in [-0.4, -0.2) is 11.1 Å². The van der Waals surface area contributed by atoms with Gasteiger partial charge in [0.1, 0.15) is 0 Å². The van der Waals surface area contributed by atoms with Crippen LogP contribution in [0.25, 0.3) is 10.9 Å². The van der Waals surface area contributed by atoms with E-state index in [0.29, 0.717) is 6.54 Å². The molecule has 31 heavy (non-hydrogen) atoms. The minimum atomic E-state index is 0.585. The minimum absolute atomic E-state index is 0.585. The average Bonchev–Trinajstić information content (AvgIpc) is 3.15. The van der Waals surface area contributed by atoms with E-state index in [2.05, 4.69) is 82.5 Å². The summed E-state index contributed by atoms with van der Waals surface area (Å²) in [6.45, 7) is 5.34. The second-order valence-corrected chi connectivity index (χ2v) is 7.85. The number of aryl methyl sites for hydroxylation is 1. The number of hydrogen-bond donors (Lipinski definition) is 2. The number of aromatic nitrogens is 1. The van der Waals surface area contributed by atoms with Crippen LogP contribution in [-0.2, 0) is 19.6 Å². The van der Waals surface area contributed by atoms with Gasteiger partial charge in [-0.1, -0.05) is 53.9 Å². The predicted molar refractivity (Wildman–Crippen MR) is 131 cm³/mol. The predicted octanol–water partition coefficient (Wildman–Crippen LogP) is 6.07. The molecule has 3 nitrogen and oxygen atoms in total. The number of nitrogens with zero attached hydrogens (tertiary/aromatic N) is 1. The third kappa shape index (κ3) is 5.49. The largest absolute Gasteiger partial charge is 0.374 e. The van der Waals surface area contributed by atoms with Crippen LogP contribution in [0.4, 0.5) is 5.69 Å². The van der Waals surface area contributed by atoms with Gasteiger partial charge in [-0.2, -0.15) is 0 Å². The molecule has 0 aliphatic heterocycles. The zero-order chi connectivity index (χ0) is 21.5. The normalized spacial score (nSPS) is 10.6. The molecule has 0 radical (unpaired) electrons. The van der Waals surface area contributed by atoms with Crippen LogP contribution in [0.1, 0.15) is 23.7 Å². The number of benzene rings is 3. The van der Waals surface area contributed by atoms with E-state index in [0.717, 1.165) is 36.0 Å². The van der Waals surface area contributed by atoms with E-state index in [1.54, 1.807) is 0 Å². The summed E-state index contributed by atoms with van der Waals surface area (Å²) in [5, 5.41) is 8.80. The summed E-state index contributed by atoms with van der Waals surface area (Å²) in [4.78, 5) is 0. The summed E-state index contributed by atoms with van der Waals surface area (Å²) in [6.07, 6.45) is 0. The van der Waals surface area contributed by atoms with Gasteiger partial charge in [-0.05, 0) is 66.4 Å². The quantitative estimate of drug-likeness (QED) is 0.350. The van der Waals surface area contributed by atoms with Crippen molar-refractivity contribution in [2.24, 2.45) is 0 Å². The second-order valence-electron chi connectivity index (χ2n) is 7.42. The van der Waals surface area contributed by atoms with Gasteiger partial charge in [-0.3, -0.25) is 0 Å². The Morgan fingerprint density at radius 2 is 1.65 bits per heavy atom. The molecule has 2 N–H and O–H groups in total. The minimum Gasteiger partial charge on any atom is -0.374 e. The van der Waals surface area contributed by atoms with Crippen LogP contribution in [0.3, 0.4) is 0 Å². The maximum absolute atomic E-state index is 5.93. The molecule has 3 aromatic carbocycles. The summed E-state index contributed by atoms with van der Waals surface area (Å²) < 4.78 is 2.27. The molecule has 0 atom stereocenters. The van der Waals surface area contributed by atoms with Crippen LogP contribution in [0.5, 0.6) is 0 Å². The Kier molecular flexibility index (Phi) is 6.94. The molecular formula is C27H26ClN3. The van der Waals surface area contributed by atoms with Gasteiger partial charge in [0.15, 0.2) is 0 Å². The fraction of sp³-hybridized carbons (Fsp3) is 0.185. The van der Waals surface area contributed by atoms with Gasteiger partial charge >= 0.3 is 0 Å². The van der Waals surface area contributed by atoms with Crippen molar-refractivity contribution in [1.29, 1.82) is 0 Å². The monoisotopic (exact) mass is 427 g/mol. The third-order valence-electron chi connectivity index (χ3n) is 5.22. The Morgan fingerprint density at radius 1 is 0.871 bits per heavy atom. The second kappa shape index (κ2) is 10.2. The molecule has 0 fully saturated rings. The standard InChI is InChI=1S/C27H26ClN3/c1-2-31-26(9-6-16-30-25-13-11-24(28)12-14-25)18-23-17-22(10-15-27(23)31)20-29-19-21-7-4-3-5-8-21/h3-5,7-8,10-15,17-18,29-30H,2,16,19-20H2,1H3. The van der Waals surface area contributed by atoms with Crippen LogP contribution < -0.4 is 10.6 Å². The van der Waals surface area contributed by atoms with Crippen molar-refractivity contribution < 1.29 is 0 Å². The molecular weight excluding hydrogens is 402 g/mol. The number of nitrogens with one attached hydrogen (secondary N) is 2. The first kappa shape index (κ1) is 21.1. The first-order valence-corrected chi connectivity index (χ1v) is 11.0. The lowest BCUT2D eigenvalue weighted by molar-refractivity contribution is 0.694. The van der Waals surface area contributed by atoms with Gasteiger partial charge in [0.2, 0.25) is 0 Å².